The lowest BCUT2D eigenvalue weighted by atomic mass is 10.3. The smallest absolute Gasteiger partial charge is 0.144 e. The van der Waals surface area contributed by atoms with Gasteiger partial charge in [-0.15, -0.1) is 0 Å². The molecule has 2 atom stereocenters. The zero-order chi connectivity index (χ0) is 5.70. The molecule has 0 aromatic carbocycles. The molecule has 0 amide bonds. The Labute approximate surface area is 48.1 Å². The lowest BCUT2D eigenvalue weighted by Crippen LogP contribution is -1.97. The first kappa shape index (κ1) is 7.45. The van der Waals surface area contributed by atoms with E-state index in [-0.39, 0.29) is 8.69 Å². The summed E-state index contributed by atoms with van der Waals surface area (Å²) in [6, 6.07) is 0. The first-order valence-electron chi connectivity index (χ1n) is 2.42. The van der Waals surface area contributed by atoms with E-state index in [2.05, 4.69) is 6.92 Å². The van der Waals surface area contributed by atoms with Crippen LogP contribution in [0.4, 0.5) is 0 Å². The van der Waals surface area contributed by atoms with Crippen molar-refractivity contribution < 1.29 is 4.52 Å². The van der Waals surface area contributed by atoms with Gasteiger partial charge in [0.1, 0.15) is 7.57 Å². The Hall–Kier alpha value is 0.455. The van der Waals surface area contributed by atoms with Crippen LogP contribution in [0.3, 0.4) is 0 Å². The Bertz CT molecular complexity index is 42.7. The van der Waals surface area contributed by atoms with Crippen molar-refractivity contribution in [3.05, 3.63) is 0 Å². The standard InChI is InChI=1S/C4H10BOP/c1-3-4(2)6-7-5/h4,7H,3H2,1-2H3. The molecule has 0 aromatic rings. The summed E-state index contributed by atoms with van der Waals surface area (Å²) in [4.78, 5) is 0. The van der Waals surface area contributed by atoms with Crippen molar-refractivity contribution >= 4 is 16.3 Å². The van der Waals surface area contributed by atoms with Crippen molar-refractivity contribution in [3.8, 4) is 0 Å². The Morgan fingerprint density at radius 3 is 2.57 bits per heavy atom. The number of hydrogen-bond acceptors (Lipinski definition) is 1. The van der Waals surface area contributed by atoms with E-state index in [1.807, 2.05) is 6.92 Å². The maximum absolute atomic E-state index is 5.11. The van der Waals surface area contributed by atoms with Gasteiger partial charge in [-0.3, -0.25) is 0 Å². The summed E-state index contributed by atoms with van der Waals surface area (Å²) in [5, 5.41) is 0. The van der Waals surface area contributed by atoms with Gasteiger partial charge < -0.3 is 4.52 Å². The van der Waals surface area contributed by atoms with E-state index in [0.29, 0.717) is 6.10 Å². The maximum atomic E-state index is 5.11. The zero-order valence-corrected chi connectivity index (χ0v) is 5.77. The molecule has 2 radical (unpaired) electrons. The highest BCUT2D eigenvalue weighted by molar-refractivity contribution is 7.62. The van der Waals surface area contributed by atoms with Crippen LogP contribution in [0.5, 0.6) is 0 Å². The van der Waals surface area contributed by atoms with Gasteiger partial charge in [-0.25, -0.2) is 0 Å². The van der Waals surface area contributed by atoms with Crippen molar-refractivity contribution in [2.75, 3.05) is 0 Å². The van der Waals surface area contributed by atoms with E-state index in [0.717, 1.165) is 6.42 Å². The molecule has 2 unspecified atom stereocenters. The molecular formula is C4H10BOP. The zero-order valence-electron chi connectivity index (χ0n) is 4.77. The second-order valence-corrected chi connectivity index (χ2v) is 1.93. The summed E-state index contributed by atoms with van der Waals surface area (Å²) in [6.45, 7) is 4.09. The van der Waals surface area contributed by atoms with Crippen LogP contribution >= 0.6 is 8.69 Å². The molecule has 0 aliphatic carbocycles. The second-order valence-electron chi connectivity index (χ2n) is 1.45. The van der Waals surface area contributed by atoms with Gasteiger partial charge in [-0.1, -0.05) is 6.92 Å². The molecule has 0 rings (SSSR count). The maximum Gasteiger partial charge on any atom is 0.144 e. The van der Waals surface area contributed by atoms with Crippen LogP contribution in [0.15, 0.2) is 0 Å². The summed E-state index contributed by atoms with van der Waals surface area (Å²) in [6.07, 6.45) is 1.38. The molecule has 0 saturated carbocycles. The molecule has 3 heteroatoms. The molecule has 0 aliphatic heterocycles. The quantitative estimate of drug-likeness (QED) is 0.400. The number of rotatable bonds is 3. The highest BCUT2D eigenvalue weighted by Crippen LogP contribution is 2.09. The minimum absolute atomic E-state index is 0.145. The lowest BCUT2D eigenvalue weighted by Gasteiger charge is -2.05. The van der Waals surface area contributed by atoms with Gasteiger partial charge in [-0.05, 0) is 22.0 Å². The fourth-order valence-electron chi connectivity index (χ4n) is 0.199. The van der Waals surface area contributed by atoms with Gasteiger partial charge in [0, 0.05) is 0 Å². The van der Waals surface area contributed by atoms with Crippen molar-refractivity contribution in [3.63, 3.8) is 0 Å². The largest absolute Gasteiger partial charge is 0.371 e. The van der Waals surface area contributed by atoms with E-state index < -0.39 is 0 Å². The van der Waals surface area contributed by atoms with E-state index in [1.165, 1.54) is 0 Å². The average Bonchev–Trinajstić information content (AvgIpc) is 1.68. The lowest BCUT2D eigenvalue weighted by molar-refractivity contribution is 0.255. The minimum Gasteiger partial charge on any atom is -0.371 e. The fraction of sp³-hybridized carbons (Fsp3) is 1.00. The Balaban J connectivity index is 2.83. The third-order valence-electron chi connectivity index (χ3n) is 0.844. The minimum atomic E-state index is 0.145. The first-order chi connectivity index (χ1) is 3.31. The third kappa shape index (κ3) is 4.31. The van der Waals surface area contributed by atoms with Crippen LogP contribution < -0.4 is 0 Å². The summed E-state index contributed by atoms with van der Waals surface area (Å²) < 4.78 is 5.00. The molecule has 0 fully saturated rings. The third-order valence-corrected chi connectivity index (χ3v) is 1.38. The summed E-state index contributed by atoms with van der Waals surface area (Å²) in [5.74, 6) is 0. The van der Waals surface area contributed by atoms with E-state index in [1.54, 1.807) is 0 Å². The molecule has 0 aliphatic rings. The van der Waals surface area contributed by atoms with E-state index in [4.69, 9.17) is 12.1 Å². The van der Waals surface area contributed by atoms with Crippen molar-refractivity contribution in [1.82, 2.24) is 0 Å². The van der Waals surface area contributed by atoms with Crippen LogP contribution in [-0.4, -0.2) is 13.7 Å². The number of hydrogen-bond donors (Lipinski definition) is 0. The molecule has 0 spiro atoms. The molecule has 0 aromatic heterocycles. The summed E-state index contributed by atoms with van der Waals surface area (Å²) in [7, 11) is 5.26. The van der Waals surface area contributed by atoms with Crippen molar-refractivity contribution in [1.29, 1.82) is 0 Å². The molecule has 0 heterocycles. The van der Waals surface area contributed by atoms with Gasteiger partial charge in [0.15, 0.2) is 0 Å². The molecule has 7 heavy (non-hydrogen) atoms. The van der Waals surface area contributed by atoms with E-state index in [9.17, 15) is 0 Å². The monoisotopic (exact) mass is 116 g/mol. The van der Waals surface area contributed by atoms with Gasteiger partial charge in [0.05, 0.1) is 6.10 Å². The van der Waals surface area contributed by atoms with Crippen LogP contribution in [0.1, 0.15) is 20.3 Å². The highest BCUT2D eigenvalue weighted by atomic mass is 31.1. The summed E-state index contributed by atoms with van der Waals surface area (Å²) >= 11 is 0. The predicted octanol–water partition coefficient (Wildman–Crippen LogP) is 1.48. The van der Waals surface area contributed by atoms with Gasteiger partial charge in [0.25, 0.3) is 0 Å². The summed E-state index contributed by atoms with van der Waals surface area (Å²) in [5.41, 5.74) is 0. The molecule has 0 bridgehead atoms. The van der Waals surface area contributed by atoms with Crippen LogP contribution in [0.25, 0.3) is 0 Å². The SMILES string of the molecule is [B]POC(C)CC. The molecule has 40 valence electrons. The van der Waals surface area contributed by atoms with Crippen LogP contribution in [0, 0.1) is 0 Å². The van der Waals surface area contributed by atoms with Crippen molar-refractivity contribution in [2.45, 2.75) is 26.4 Å². The Morgan fingerprint density at radius 2 is 2.43 bits per heavy atom. The normalized spacial score (nSPS) is 15.7. The molecule has 0 saturated heterocycles. The van der Waals surface area contributed by atoms with Crippen LogP contribution in [0.2, 0.25) is 0 Å². The molecule has 1 nitrogen and oxygen atoms in total. The van der Waals surface area contributed by atoms with E-state index >= 15 is 0 Å². The van der Waals surface area contributed by atoms with Gasteiger partial charge in [-0.2, -0.15) is 0 Å². The van der Waals surface area contributed by atoms with Crippen LogP contribution in [-0.2, 0) is 4.52 Å². The van der Waals surface area contributed by atoms with Gasteiger partial charge >= 0.3 is 0 Å². The predicted molar refractivity (Wildman–Crippen MR) is 34.9 cm³/mol. The fourth-order valence-corrected chi connectivity index (χ4v) is 0.598. The highest BCUT2D eigenvalue weighted by Gasteiger charge is 1.91. The topological polar surface area (TPSA) is 9.23 Å². The molecular weight excluding hydrogens is 106 g/mol. The van der Waals surface area contributed by atoms with Crippen molar-refractivity contribution in [2.24, 2.45) is 0 Å². The van der Waals surface area contributed by atoms with Gasteiger partial charge in [0.2, 0.25) is 0 Å². The average molecular weight is 116 g/mol. The Morgan fingerprint density at radius 1 is 1.86 bits per heavy atom. The second kappa shape index (κ2) is 4.61. The first-order valence-corrected chi connectivity index (χ1v) is 3.41. The molecule has 0 N–H and O–H groups in total. The Kier molecular flexibility index (Phi) is 4.91.